The third kappa shape index (κ3) is 7.95. The van der Waals surface area contributed by atoms with E-state index in [1.165, 1.54) is 0 Å². The second kappa shape index (κ2) is 12.3. The van der Waals surface area contributed by atoms with Gasteiger partial charge in [-0.1, -0.05) is 11.6 Å². The summed E-state index contributed by atoms with van der Waals surface area (Å²) in [6, 6.07) is 13.2. The number of carboxylic acids is 1. The molecule has 1 aliphatic rings. The molecule has 200 valence electrons. The van der Waals surface area contributed by atoms with Crippen LogP contribution in [0.2, 0.25) is 5.02 Å². The number of hydrogen-bond acceptors (Lipinski definition) is 4. The second-order valence-corrected chi connectivity index (χ2v) is 10.4. The van der Waals surface area contributed by atoms with Crippen LogP contribution in [0.1, 0.15) is 36.2 Å². The highest BCUT2D eigenvalue weighted by Gasteiger charge is 2.38. The van der Waals surface area contributed by atoms with Gasteiger partial charge >= 0.3 is 17.8 Å². The Morgan fingerprint density at radius 1 is 1.19 bits per heavy atom. The molecule has 13 heteroatoms. The van der Waals surface area contributed by atoms with E-state index in [2.05, 4.69) is 37.8 Å². The Morgan fingerprint density at radius 2 is 1.78 bits per heavy atom. The summed E-state index contributed by atoms with van der Waals surface area (Å²) in [7, 11) is 0. The number of aromatic amines is 1. The van der Waals surface area contributed by atoms with E-state index in [0.717, 1.165) is 47.1 Å². The zero-order valence-corrected chi connectivity index (χ0v) is 22.6. The van der Waals surface area contributed by atoms with Crippen molar-refractivity contribution in [2.75, 3.05) is 19.6 Å². The molecule has 0 radical (unpaired) electrons. The molecule has 0 unspecified atom stereocenters. The van der Waals surface area contributed by atoms with Gasteiger partial charge in [-0.2, -0.15) is 13.2 Å². The van der Waals surface area contributed by atoms with E-state index in [0.29, 0.717) is 10.6 Å². The number of halogens is 5. The van der Waals surface area contributed by atoms with E-state index in [1.807, 2.05) is 29.7 Å². The first kappa shape index (κ1) is 29.0. The van der Waals surface area contributed by atoms with Crippen molar-refractivity contribution < 1.29 is 27.9 Å². The molecule has 4 rings (SSSR count). The molecule has 0 spiro atoms. The van der Waals surface area contributed by atoms with Gasteiger partial charge in [-0.25, -0.2) is 9.59 Å². The lowest BCUT2D eigenvalue weighted by atomic mass is 10.0. The van der Waals surface area contributed by atoms with Crippen LogP contribution in [0.5, 0.6) is 0 Å². The largest absolute Gasteiger partial charge is 0.490 e. The Hall–Kier alpha value is -2.58. The van der Waals surface area contributed by atoms with Crippen LogP contribution in [0.4, 0.5) is 13.2 Å². The smallest absolute Gasteiger partial charge is 0.475 e. The lowest BCUT2D eigenvalue weighted by Gasteiger charge is -2.34. The lowest BCUT2D eigenvalue weighted by molar-refractivity contribution is -0.192. The molecule has 1 aliphatic heterocycles. The standard InChI is InChI=1S/C22H24ClIN4O2.C2HF3O2/c1-14(25-21(29)15-2-4-16(23)5-3-15)13-27-10-8-18(9-11-27)28-20-7-6-17(24)12-19(20)26-22(28)30;3-2(4,5)1(6)7/h2-7,12,14,18H,8-11,13H2,1H3,(H,25,29)(H,26,30);(H,6,7)/t14-;/m0./s1. The summed E-state index contributed by atoms with van der Waals surface area (Å²) in [5, 5.41) is 10.8. The molecule has 1 saturated heterocycles. The minimum atomic E-state index is -5.08. The first-order chi connectivity index (χ1) is 17.3. The minimum Gasteiger partial charge on any atom is -0.475 e. The normalized spacial score (nSPS) is 15.6. The lowest BCUT2D eigenvalue weighted by Crippen LogP contribution is -2.45. The van der Waals surface area contributed by atoms with Crippen molar-refractivity contribution in [2.45, 2.75) is 38.0 Å². The monoisotopic (exact) mass is 652 g/mol. The van der Waals surface area contributed by atoms with Crippen LogP contribution in [0.25, 0.3) is 11.0 Å². The van der Waals surface area contributed by atoms with Crippen molar-refractivity contribution in [3.05, 3.63) is 67.1 Å². The summed E-state index contributed by atoms with van der Waals surface area (Å²) in [6.45, 7) is 4.60. The first-order valence-corrected chi connectivity index (χ1v) is 12.8. The summed E-state index contributed by atoms with van der Waals surface area (Å²) >= 11 is 8.14. The third-order valence-corrected chi connectivity index (χ3v) is 6.78. The predicted octanol–water partition coefficient (Wildman–Crippen LogP) is 4.68. The van der Waals surface area contributed by atoms with Gasteiger partial charge in [-0.3, -0.25) is 9.36 Å². The number of aliphatic carboxylic acids is 1. The molecule has 8 nitrogen and oxygen atoms in total. The van der Waals surface area contributed by atoms with Gasteiger partial charge in [0.05, 0.1) is 11.0 Å². The molecule has 1 amide bonds. The van der Waals surface area contributed by atoms with Crippen LogP contribution in [-0.4, -0.2) is 63.3 Å². The number of hydrogen-bond donors (Lipinski definition) is 3. The van der Waals surface area contributed by atoms with Gasteiger partial charge in [0.1, 0.15) is 0 Å². The van der Waals surface area contributed by atoms with Crippen LogP contribution < -0.4 is 11.0 Å². The molecular weight excluding hydrogens is 628 g/mol. The van der Waals surface area contributed by atoms with Gasteiger partial charge in [0, 0.05) is 45.9 Å². The Balaban J connectivity index is 0.000000479. The van der Waals surface area contributed by atoms with Gasteiger partial charge in [-0.15, -0.1) is 0 Å². The van der Waals surface area contributed by atoms with E-state index in [9.17, 15) is 22.8 Å². The maximum absolute atomic E-state index is 12.5. The second-order valence-electron chi connectivity index (χ2n) is 8.68. The fourth-order valence-electron chi connectivity index (χ4n) is 4.17. The summed E-state index contributed by atoms with van der Waals surface area (Å²) in [6.07, 6.45) is -3.26. The summed E-state index contributed by atoms with van der Waals surface area (Å²) in [5.41, 5.74) is 2.45. The number of benzene rings is 2. The van der Waals surface area contributed by atoms with Crippen LogP contribution in [0, 0.1) is 3.57 Å². The van der Waals surface area contributed by atoms with E-state index >= 15 is 0 Å². The number of imidazole rings is 1. The van der Waals surface area contributed by atoms with Crippen molar-refractivity contribution in [1.82, 2.24) is 19.8 Å². The predicted molar refractivity (Wildman–Crippen MR) is 142 cm³/mol. The fourth-order valence-corrected chi connectivity index (χ4v) is 4.78. The summed E-state index contributed by atoms with van der Waals surface area (Å²) in [4.78, 5) is 39.1. The number of nitrogens with one attached hydrogen (secondary N) is 2. The highest BCUT2D eigenvalue weighted by atomic mass is 127. The molecule has 3 aromatic rings. The van der Waals surface area contributed by atoms with Crippen molar-refractivity contribution >= 4 is 57.1 Å². The number of carbonyl (C=O) groups excluding carboxylic acids is 1. The molecule has 1 aromatic heterocycles. The van der Waals surface area contributed by atoms with Crippen molar-refractivity contribution in [2.24, 2.45) is 0 Å². The van der Waals surface area contributed by atoms with Crippen LogP contribution in [0.3, 0.4) is 0 Å². The molecular formula is C24H25ClF3IN4O4. The molecule has 1 atom stereocenters. The van der Waals surface area contributed by atoms with Crippen molar-refractivity contribution in [1.29, 1.82) is 0 Å². The first-order valence-electron chi connectivity index (χ1n) is 11.3. The van der Waals surface area contributed by atoms with E-state index in [-0.39, 0.29) is 23.7 Å². The molecule has 0 bridgehead atoms. The van der Waals surface area contributed by atoms with Gasteiger partial charge in [-0.05, 0) is 84.8 Å². The van der Waals surface area contributed by atoms with Gasteiger partial charge in [0.15, 0.2) is 0 Å². The molecule has 37 heavy (non-hydrogen) atoms. The van der Waals surface area contributed by atoms with Gasteiger partial charge < -0.3 is 20.3 Å². The van der Waals surface area contributed by atoms with E-state index < -0.39 is 12.1 Å². The Labute approximate surface area is 228 Å². The van der Waals surface area contributed by atoms with Gasteiger partial charge in [0.2, 0.25) is 0 Å². The molecule has 1 fully saturated rings. The number of carbonyl (C=O) groups is 2. The minimum absolute atomic E-state index is 0.0302. The average Bonchev–Trinajstić information content (AvgIpc) is 3.14. The fraction of sp³-hybridized carbons (Fsp3) is 0.375. The zero-order valence-electron chi connectivity index (χ0n) is 19.7. The average molecular weight is 653 g/mol. The highest BCUT2D eigenvalue weighted by molar-refractivity contribution is 14.1. The Kier molecular flexibility index (Phi) is 9.64. The maximum Gasteiger partial charge on any atom is 0.490 e. The van der Waals surface area contributed by atoms with Crippen molar-refractivity contribution in [3.8, 4) is 0 Å². The number of alkyl halides is 3. The zero-order chi connectivity index (χ0) is 27.3. The Bertz CT molecular complexity index is 1300. The molecule has 2 aromatic carbocycles. The van der Waals surface area contributed by atoms with Crippen LogP contribution in [0.15, 0.2) is 47.3 Å². The topological polar surface area (TPSA) is 107 Å². The quantitative estimate of drug-likeness (QED) is 0.348. The summed E-state index contributed by atoms with van der Waals surface area (Å²) < 4.78 is 34.8. The van der Waals surface area contributed by atoms with Crippen LogP contribution >= 0.6 is 34.2 Å². The summed E-state index contributed by atoms with van der Waals surface area (Å²) in [5.74, 6) is -2.85. The maximum atomic E-state index is 12.5. The number of H-pyrrole nitrogens is 1. The van der Waals surface area contributed by atoms with E-state index in [1.54, 1.807) is 24.3 Å². The molecule has 2 heterocycles. The van der Waals surface area contributed by atoms with Gasteiger partial charge in [0.25, 0.3) is 5.91 Å². The Morgan fingerprint density at radius 3 is 2.35 bits per heavy atom. The molecule has 0 aliphatic carbocycles. The SMILES string of the molecule is C[C@@H](CN1CCC(n2c(=O)[nH]c3cc(I)ccc32)CC1)NC(=O)c1ccc(Cl)cc1.O=C(O)C(F)(F)F. The third-order valence-electron chi connectivity index (χ3n) is 5.86. The number of likely N-dealkylation sites (tertiary alicyclic amines) is 1. The number of nitrogens with zero attached hydrogens (tertiary/aromatic N) is 2. The number of fused-ring (bicyclic) bond motifs is 1. The number of piperidine rings is 1. The van der Waals surface area contributed by atoms with Crippen LogP contribution in [-0.2, 0) is 4.79 Å². The van der Waals surface area contributed by atoms with E-state index in [4.69, 9.17) is 21.5 Å². The number of amides is 1. The highest BCUT2D eigenvalue weighted by Crippen LogP contribution is 2.25. The number of carboxylic acid groups (broad SMARTS) is 1. The molecule has 3 N–H and O–H groups in total. The number of rotatable bonds is 5. The van der Waals surface area contributed by atoms with Crippen molar-refractivity contribution in [3.63, 3.8) is 0 Å². The number of aromatic nitrogens is 2. The molecule has 0 saturated carbocycles.